The second-order valence-electron chi connectivity index (χ2n) is 5.30. The number of nitrogens with zero attached hydrogens (tertiary/aromatic N) is 1. The molecule has 4 nitrogen and oxygen atoms in total. The number of nitrogens with one attached hydrogen (secondary N) is 1. The van der Waals surface area contributed by atoms with Crippen molar-refractivity contribution in [3.05, 3.63) is 0 Å². The standard InChI is InChI=1S/C14H25FN2O2/c1-5-10(4)11-12(18)16-14(6-2,7-3)13(19)17(11)9-8-15/h10-11H,5-9H2,1-4H3,(H,16,18). The van der Waals surface area contributed by atoms with Gasteiger partial charge in [-0.15, -0.1) is 0 Å². The van der Waals surface area contributed by atoms with Gasteiger partial charge in [-0.3, -0.25) is 9.59 Å². The Bertz CT molecular complexity index is 342. The molecule has 1 heterocycles. The molecule has 1 saturated heterocycles. The van der Waals surface area contributed by atoms with Gasteiger partial charge in [0.2, 0.25) is 11.8 Å². The third kappa shape index (κ3) is 2.74. The topological polar surface area (TPSA) is 49.4 Å². The van der Waals surface area contributed by atoms with Crippen molar-refractivity contribution in [2.45, 2.75) is 58.5 Å². The van der Waals surface area contributed by atoms with Gasteiger partial charge in [-0.2, -0.15) is 0 Å². The first-order valence-electron chi connectivity index (χ1n) is 7.16. The summed E-state index contributed by atoms with van der Waals surface area (Å²) in [4.78, 5) is 26.4. The van der Waals surface area contributed by atoms with E-state index in [1.54, 1.807) is 0 Å². The summed E-state index contributed by atoms with van der Waals surface area (Å²) in [5, 5.41) is 2.88. The molecule has 0 radical (unpaired) electrons. The molecule has 0 aliphatic carbocycles. The van der Waals surface area contributed by atoms with Gasteiger partial charge < -0.3 is 10.2 Å². The van der Waals surface area contributed by atoms with Crippen LogP contribution in [0.5, 0.6) is 0 Å². The van der Waals surface area contributed by atoms with E-state index in [4.69, 9.17) is 0 Å². The van der Waals surface area contributed by atoms with Gasteiger partial charge in [0.1, 0.15) is 18.3 Å². The van der Waals surface area contributed by atoms with E-state index in [1.807, 2.05) is 27.7 Å². The van der Waals surface area contributed by atoms with Crippen LogP contribution in [0.15, 0.2) is 0 Å². The number of hydrogen-bond donors (Lipinski definition) is 1. The quantitative estimate of drug-likeness (QED) is 0.802. The summed E-state index contributed by atoms with van der Waals surface area (Å²) < 4.78 is 12.8. The lowest BCUT2D eigenvalue weighted by molar-refractivity contribution is -0.157. The van der Waals surface area contributed by atoms with E-state index in [9.17, 15) is 14.0 Å². The van der Waals surface area contributed by atoms with Crippen molar-refractivity contribution in [2.75, 3.05) is 13.2 Å². The largest absolute Gasteiger partial charge is 0.340 e. The summed E-state index contributed by atoms with van der Waals surface area (Å²) in [6.07, 6.45) is 1.84. The molecule has 1 aliphatic rings. The SMILES string of the molecule is CCC(C)C1C(=O)NC(CC)(CC)C(=O)N1CCF. The van der Waals surface area contributed by atoms with Crippen molar-refractivity contribution < 1.29 is 14.0 Å². The number of carbonyl (C=O) groups excluding carboxylic acids is 2. The highest BCUT2D eigenvalue weighted by atomic mass is 19.1. The monoisotopic (exact) mass is 272 g/mol. The minimum atomic E-state index is -0.851. The van der Waals surface area contributed by atoms with Crippen molar-refractivity contribution in [2.24, 2.45) is 5.92 Å². The van der Waals surface area contributed by atoms with Crippen molar-refractivity contribution >= 4 is 11.8 Å². The van der Waals surface area contributed by atoms with Crippen LogP contribution in [0, 0.1) is 5.92 Å². The molecule has 19 heavy (non-hydrogen) atoms. The molecule has 2 amide bonds. The van der Waals surface area contributed by atoms with Crippen molar-refractivity contribution in [3.8, 4) is 0 Å². The molecular formula is C14H25FN2O2. The van der Waals surface area contributed by atoms with E-state index in [0.717, 1.165) is 6.42 Å². The van der Waals surface area contributed by atoms with Crippen molar-refractivity contribution in [1.29, 1.82) is 0 Å². The Labute approximate surface area is 114 Å². The molecule has 0 spiro atoms. The maximum atomic E-state index is 12.8. The van der Waals surface area contributed by atoms with Crippen LogP contribution in [-0.4, -0.2) is 41.5 Å². The van der Waals surface area contributed by atoms with Crippen LogP contribution in [-0.2, 0) is 9.59 Å². The van der Waals surface area contributed by atoms with E-state index in [0.29, 0.717) is 12.8 Å². The van der Waals surface area contributed by atoms with Gasteiger partial charge in [-0.05, 0) is 18.8 Å². The van der Waals surface area contributed by atoms with E-state index < -0.39 is 18.3 Å². The van der Waals surface area contributed by atoms with Crippen LogP contribution < -0.4 is 5.32 Å². The molecule has 0 aromatic rings. The molecule has 0 bridgehead atoms. The number of alkyl halides is 1. The van der Waals surface area contributed by atoms with Gasteiger partial charge in [0, 0.05) is 6.54 Å². The molecule has 2 atom stereocenters. The molecule has 2 unspecified atom stereocenters. The molecule has 110 valence electrons. The Morgan fingerprint density at radius 2 is 1.89 bits per heavy atom. The Morgan fingerprint density at radius 3 is 2.32 bits per heavy atom. The summed E-state index contributed by atoms with van der Waals surface area (Å²) in [6.45, 7) is 7.03. The summed E-state index contributed by atoms with van der Waals surface area (Å²) in [5.74, 6) is -0.256. The first-order chi connectivity index (χ1) is 8.97. The first kappa shape index (κ1) is 15.9. The average molecular weight is 272 g/mol. The van der Waals surface area contributed by atoms with Crippen LogP contribution in [0.25, 0.3) is 0 Å². The first-order valence-corrected chi connectivity index (χ1v) is 7.16. The Kier molecular flexibility index (Phi) is 5.32. The van der Waals surface area contributed by atoms with E-state index >= 15 is 0 Å². The fraction of sp³-hybridized carbons (Fsp3) is 0.857. The number of amides is 2. The van der Waals surface area contributed by atoms with Crippen LogP contribution in [0.4, 0.5) is 4.39 Å². The zero-order chi connectivity index (χ0) is 14.6. The number of halogens is 1. The molecule has 1 N–H and O–H groups in total. The number of piperazine rings is 1. The van der Waals surface area contributed by atoms with Crippen molar-refractivity contribution in [3.63, 3.8) is 0 Å². The zero-order valence-electron chi connectivity index (χ0n) is 12.3. The molecule has 5 heteroatoms. The maximum Gasteiger partial charge on any atom is 0.249 e. The lowest BCUT2D eigenvalue weighted by atomic mass is 9.84. The molecular weight excluding hydrogens is 247 g/mol. The lowest BCUT2D eigenvalue weighted by Crippen LogP contribution is -2.71. The average Bonchev–Trinajstić information content (AvgIpc) is 2.42. The highest BCUT2D eigenvalue weighted by Crippen LogP contribution is 2.28. The Balaban J connectivity index is 3.12. The fourth-order valence-corrected chi connectivity index (χ4v) is 2.76. The predicted octanol–water partition coefficient (Wildman–Crippen LogP) is 1.89. The Morgan fingerprint density at radius 1 is 1.32 bits per heavy atom. The number of rotatable bonds is 6. The van der Waals surface area contributed by atoms with Gasteiger partial charge in [0.15, 0.2) is 0 Å². The number of carbonyl (C=O) groups is 2. The van der Waals surface area contributed by atoms with Gasteiger partial charge in [-0.25, -0.2) is 4.39 Å². The van der Waals surface area contributed by atoms with Crippen LogP contribution >= 0.6 is 0 Å². The highest BCUT2D eigenvalue weighted by Gasteiger charge is 2.49. The maximum absolute atomic E-state index is 12.8. The molecule has 0 aromatic carbocycles. The highest BCUT2D eigenvalue weighted by molar-refractivity contribution is 5.99. The Hall–Kier alpha value is -1.13. The lowest BCUT2D eigenvalue weighted by Gasteiger charge is -2.47. The van der Waals surface area contributed by atoms with Crippen LogP contribution in [0.3, 0.4) is 0 Å². The predicted molar refractivity (Wildman–Crippen MR) is 72.4 cm³/mol. The minimum Gasteiger partial charge on any atom is -0.340 e. The fourth-order valence-electron chi connectivity index (χ4n) is 2.76. The van der Waals surface area contributed by atoms with Gasteiger partial charge in [0.25, 0.3) is 0 Å². The third-order valence-electron chi connectivity index (χ3n) is 4.35. The smallest absolute Gasteiger partial charge is 0.249 e. The third-order valence-corrected chi connectivity index (χ3v) is 4.35. The molecule has 1 rings (SSSR count). The minimum absolute atomic E-state index is 0.00299. The van der Waals surface area contributed by atoms with Gasteiger partial charge in [-0.1, -0.05) is 34.1 Å². The second-order valence-corrected chi connectivity index (χ2v) is 5.30. The molecule has 1 aliphatic heterocycles. The summed E-state index contributed by atoms with van der Waals surface area (Å²) in [7, 11) is 0. The van der Waals surface area contributed by atoms with E-state index in [-0.39, 0.29) is 24.3 Å². The van der Waals surface area contributed by atoms with Crippen LogP contribution in [0.2, 0.25) is 0 Å². The molecule has 0 aromatic heterocycles. The van der Waals surface area contributed by atoms with Gasteiger partial charge in [0.05, 0.1) is 0 Å². The summed E-state index contributed by atoms with van der Waals surface area (Å²) >= 11 is 0. The van der Waals surface area contributed by atoms with E-state index in [2.05, 4.69) is 5.32 Å². The second kappa shape index (κ2) is 6.35. The zero-order valence-corrected chi connectivity index (χ0v) is 12.3. The van der Waals surface area contributed by atoms with Crippen molar-refractivity contribution in [1.82, 2.24) is 10.2 Å². The molecule has 0 saturated carbocycles. The number of hydrogen-bond acceptors (Lipinski definition) is 2. The van der Waals surface area contributed by atoms with Crippen LogP contribution in [0.1, 0.15) is 47.0 Å². The summed E-state index contributed by atoms with van der Waals surface area (Å²) in [6, 6.07) is -0.542. The van der Waals surface area contributed by atoms with Gasteiger partial charge >= 0.3 is 0 Å². The molecule has 1 fully saturated rings. The normalized spacial score (nSPS) is 24.3. The van der Waals surface area contributed by atoms with E-state index in [1.165, 1.54) is 4.90 Å². The summed E-state index contributed by atoms with van der Waals surface area (Å²) in [5.41, 5.74) is -0.851.